The predicted octanol–water partition coefficient (Wildman–Crippen LogP) is 1.09. The first-order valence-corrected chi connectivity index (χ1v) is 12.2. The number of aryl methyl sites for hydroxylation is 1. The van der Waals surface area contributed by atoms with Gasteiger partial charge in [-0.2, -0.15) is 4.31 Å². The quantitative estimate of drug-likeness (QED) is 0.669. The zero-order chi connectivity index (χ0) is 21.1. The summed E-state index contributed by atoms with van der Waals surface area (Å²) in [6.07, 6.45) is 0. The Labute approximate surface area is 171 Å². The average Bonchev–Trinajstić information content (AvgIpc) is 2.69. The molecule has 29 heavy (non-hydrogen) atoms. The SMILES string of the molecule is Cc1ccc(S(=O)(=O)Nc2ccc(S(=O)(=O)N3CCN(CCO)CC3)cc2)cc1. The Morgan fingerprint density at radius 1 is 0.862 bits per heavy atom. The number of rotatable bonds is 7. The predicted molar refractivity (Wildman–Crippen MR) is 111 cm³/mol. The molecular formula is C19H25N3O5S2. The molecule has 1 aliphatic heterocycles. The number of aliphatic hydroxyl groups is 1. The zero-order valence-electron chi connectivity index (χ0n) is 16.2. The fraction of sp³-hybridized carbons (Fsp3) is 0.368. The number of sulfonamides is 2. The van der Waals surface area contributed by atoms with E-state index in [-0.39, 0.29) is 22.1 Å². The topological polar surface area (TPSA) is 107 Å². The third kappa shape index (κ3) is 5.14. The first-order chi connectivity index (χ1) is 13.7. The standard InChI is InChI=1S/C19H25N3O5S2/c1-16-2-6-18(7-3-16)28(24,25)20-17-4-8-19(9-5-17)29(26,27)22-12-10-21(11-13-22)14-15-23/h2-9,20,23H,10-15H2,1H3. The molecule has 158 valence electrons. The minimum Gasteiger partial charge on any atom is -0.395 e. The molecule has 1 saturated heterocycles. The molecule has 0 unspecified atom stereocenters. The second-order valence-corrected chi connectivity index (χ2v) is 10.5. The summed E-state index contributed by atoms with van der Waals surface area (Å²) in [5, 5.41) is 8.99. The third-order valence-corrected chi connectivity index (χ3v) is 8.13. The van der Waals surface area contributed by atoms with Crippen molar-refractivity contribution in [1.29, 1.82) is 0 Å². The maximum Gasteiger partial charge on any atom is 0.261 e. The third-order valence-electron chi connectivity index (χ3n) is 4.82. The summed E-state index contributed by atoms with van der Waals surface area (Å²) in [6.45, 7) is 4.28. The van der Waals surface area contributed by atoms with Gasteiger partial charge in [-0.25, -0.2) is 16.8 Å². The van der Waals surface area contributed by atoms with E-state index in [2.05, 4.69) is 4.72 Å². The summed E-state index contributed by atoms with van der Waals surface area (Å²) >= 11 is 0. The number of nitrogens with zero attached hydrogens (tertiary/aromatic N) is 2. The van der Waals surface area contributed by atoms with Crippen LogP contribution in [0, 0.1) is 6.92 Å². The minimum atomic E-state index is -3.75. The van der Waals surface area contributed by atoms with Gasteiger partial charge in [-0.3, -0.25) is 9.62 Å². The Morgan fingerprint density at radius 2 is 1.41 bits per heavy atom. The second kappa shape index (κ2) is 8.80. The van der Waals surface area contributed by atoms with Crippen LogP contribution in [0.25, 0.3) is 0 Å². The van der Waals surface area contributed by atoms with E-state index >= 15 is 0 Å². The molecular weight excluding hydrogens is 414 g/mol. The van der Waals surface area contributed by atoms with Crippen molar-refractivity contribution < 1.29 is 21.9 Å². The molecule has 3 rings (SSSR count). The van der Waals surface area contributed by atoms with Crippen LogP contribution < -0.4 is 4.72 Å². The van der Waals surface area contributed by atoms with Crippen LogP contribution in [0.2, 0.25) is 0 Å². The summed E-state index contributed by atoms with van der Waals surface area (Å²) in [7, 11) is -7.40. The lowest BCUT2D eigenvalue weighted by Crippen LogP contribution is -2.49. The van der Waals surface area contributed by atoms with Crippen molar-refractivity contribution in [2.75, 3.05) is 44.1 Å². The van der Waals surface area contributed by atoms with Gasteiger partial charge in [0.1, 0.15) is 0 Å². The van der Waals surface area contributed by atoms with Crippen molar-refractivity contribution in [3.8, 4) is 0 Å². The summed E-state index contributed by atoms with van der Waals surface area (Å²) in [6, 6.07) is 12.2. The molecule has 0 aliphatic carbocycles. The number of nitrogens with one attached hydrogen (secondary N) is 1. The molecule has 0 atom stereocenters. The number of hydrogen-bond acceptors (Lipinski definition) is 6. The highest BCUT2D eigenvalue weighted by Crippen LogP contribution is 2.22. The van der Waals surface area contributed by atoms with E-state index in [4.69, 9.17) is 5.11 Å². The van der Waals surface area contributed by atoms with E-state index in [0.717, 1.165) is 5.56 Å². The van der Waals surface area contributed by atoms with Crippen molar-refractivity contribution in [2.45, 2.75) is 16.7 Å². The number of benzene rings is 2. The molecule has 10 heteroatoms. The molecule has 2 aromatic carbocycles. The van der Waals surface area contributed by atoms with Crippen LogP contribution >= 0.6 is 0 Å². The molecule has 1 heterocycles. The van der Waals surface area contributed by atoms with Gasteiger partial charge in [0, 0.05) is 38.4 Å². The van der Waals surface area contributed by atoms with Crippen LogP contribution in [0.15, 0.2) is 58.3 Å². The van der Waals surface area contributed by atoms with Crippen LogP contribution in [-0.2, 0) is 20.0 Å². The van der Waals surface area contributed by atoms with E-state index in [1.54, 1.807) is 12.1 Å². The Bertz CT molecular complexity index is 1030. The largest absolute Gasteiger partial charge is 0.395 e. The molecule has 0 aromatic heterocycles. The average molecular weight is 440 g/mol. The lowest BCUT2D eigenvalue weighted by Gasteiger charge is -2.33. The van der Waals surface area contributed by atoms with Crippen LogP contribution in [0.1, 0.15) is 5.56 Å². The molecule has 0 spiro atoms. The summed E-state index contributed by atoms with van der Waals surface area (Å²) in [5.74, 6) is 0. The van der Waals surface area contributed by atoms with Gasteiger partial charge in [0.2, 0.25) is 10.0 Å². The van der Waals surface area contributed by atoms with Gasteiger partial charge in [-0.1, -0.05) is 17.7 Å². The highest BCUT2D eigenvalue weighted by Gasteiger charge is 2.28. The fourth-order valence-corrected chi connectivity index (χ4v) is 5.59. The summed E-state index contributed by atoms with van der Waals surface area (Å²) in [4.78, 5) is 2.27. The maximum atomic E-state index is 12.8. The van der Waals surface area contributed by atoms with Crippen molar-refractivity contribution in [3.05, 3.63) is 54.1 Å². The number of piperazine rings is 1. The molecule has 0 bridgehead atoms. The van der Waals surface area contributed by atoms with Gasteiger partial charge < -0.3 is 5.11 Å². The molecule has 0 saturated carbocycles. The molecule has 0 amide bonds. The smallest absolute Gasteiger partial charge is 0.261 e. The molecule has 2 aromatic rings. The van der Waals surface area contributed by atoms with E-state index in [1.165, 1.54) is 40.7 Å². The maximum absolute atomic E-state index is 12.8. The van der Waals surface area contributed by atoms with Crippen molar-refractivity contribution in [3.63, 3.8) is 0 Å². The normalized spacial score (nSPS) is 16.6. The van der Waals surface area contributed by atoms with Crippen LogP contribution in [0.5, 0.6) is 0 Å². The van der Waals surface area contributed by atoms with E-state index < -0.39 is 20.0 Å². The van der Waals surface area contributed by atoms with E-state index in [1.807, 2.05) is 11.8 Å². The number of β-amino-alcohol motifs (C(OH)–C–C–N with tert-alkyl or cyclic N) is 1. The minimum absolute atomic E-state index is 0.0483. The second-order valence-electron chi connectivity index (χ2n) is 6.91. The summed E-state index contributed by atoms with van der Waals surface area (Å²) in [5.41, 5.74) is 1.24. The molecule has 0 radical (unpaired) electrons. The highest BCUT2D eigenvalue weighted by atomic mass is 32.2. The first kappa shape index (κ1) is 21.7. The lowest BCUT2D eigenvalue weighted by atomic mass is 10.2. The van der Waals surface area contributed by atoms with Gasteiger partial charge in [0.25, 0.3) is 10.0 Å². The number of anilines is 1. The highest BCUT2D eigenvalue weighted by molar-refractivity contribution is 7.92. The molecule has 2 N–H and O–H groups in total. The van der Waals surface area contributed by atoms with Crippen molar-refractivity contribution in [1.82, 2.24) is 9.21 Å². The number of aliphatic hydroxyl groups excluding tert-OH is 1. The Kier molecular flexibility index (Phi) is 6.59. The molecule has 1 fully saturated rings. The van der Waals surface area contributed by atoms with E-state index in [0.29, 0.717) is 32.7 Å². The monoisotopic (exact) mass is 439 g/mol. The zero-order valence-corrected chi connectivity index (χ0v) is 17.8. The lowest BCUT2D eigenvalue weighted by molar-refractivity contribution is 0.151. The van der Waals surface area contributed by atoms with Crippen LogP contribution in [0.4, 0.5) is 5.69 Å². The van der Waals surface area contributed by atoms with Gasteiger partial charge in [0.05, 0.1) is 16.4 Å². The number of hydrogen-bond donors (Lipinski definition) is 2. The Balaban J connectivity index is 1.70. The summed E-state index contributed by atoms with van der Waals surface area (Å²) < 4.78 is 54.4. The molecule has 1 aliphatic rings. The van der Waals surface area contributed by atoms with Gasteiger partial charge in [-0.05, 0) is 43.3 Å². The Hall–Kier alpha value is -1.98. The van der Waals surface area contributed by atoms with E-state index in [9.17, 15) is 16.8 Å². The van der Waals surface area contributed by atoms with Gasteiger partial charge in [0.15, 0.2) is 0 Å². The van der Waals surface area contributed by atoms with Crippen molar-refractivity contribution in [2.24, 2.45) is 0 Å². The van der Waals surface area contributed by atoms with Crippen molar-refractivity contribution >= 4 is 25.7 Å². The van der Waals surface area contributed by atoms with Crippen LogP contribution in [-0.4, -0.2) is 70.5 Å². The van der Waals surface area contributed by atoms with Gasteiger partial charge >= 0.3 is 0 Å². The fourth-order valence-electron chi connectivity index (χ4n) is 3.11. The van der Waals surface area contributed by atoms with Gasteiger partial charge in [-0.15, -0.1) is 0 Å². The first-order valence-electron chi connectivity index (χ1n) is 9.25. The van der Waals surface area contributed by atoms with Crippen LogP contribution in [0.3, 0.4) is 0 Å². The Morgan fingerprint density at radius 3 is 1.97 bits per heavy atom. The molecule has 8 nitrogen and oxygen atoms in total.